The summed E-state index contributed by atoms with van der Waals surface area (Å²) in [5, 5.41) is 6.41. The molecule has 1 heterocycles. The lowest BCUT2D eigenvalue weighted by molar-refractivity contribution is 0.0965. The highest BCUT2D eigenvalue weighted by atomic mass is 16.5. The van der Waals surface area contributed by atoms with Crippen LogP contribution in [-0.4, -0.2) is 35.9 Å². The quantitative estimate of drug-likeness (QED) is 0.464. The Bertz CT molecular complexity index is 853. The fourth-order valence-corrected chi connectivity index (χ4v) is 3.89. The summed E-state index contributed by atoms with van der Waals surface area (Å²) in [6.07, 6.45) is 9.74. The van der Waals surface area contributed by atoms with Crippen LogP contribution >= 0.6 is 0 Å². The highest BCUT2D eigenvalue weighted by Gasteiger charge is 2.24. The van der Waals surface area contributed by atoms with Gasteiger partial charge in [0.25, 0.3) is 5.91 Å². The fraction of sp³-hybridized carbons (Fsp3) is 0.478. The summed E-state index contributed by atoms with van der Waals surface area (Å²) in [7, 11) is 0. The number of benzene rings is 1. The van der Waals surface area contributed by atoms with Gasteiger partial charge in [0.1, 0.15) is 5.75 Å². The number of Topliss-reactive ketones (excluding diaryl/α,β-unsaturated/α-hetero) is 1. The molecule has 1 fully saturated rings. The molecule has 4 rings (SSSR count). The molecule has 0 spiro atoms. The molecule has 1 amide bonds. The predicted molar refractivity (Wildman–Crippen MR) is 113 cm³/mol. The minimum atomic E-state index is -0.256. The molecule has 3 N–H and O–H groups in total. The monoisotopic (exact) mass is 395 g/mol. The topological polar surface area (TPSA) is 83.2 Å². The zero-order valence-electron chi connectivity index (χ0n) is 16.8. The Labute approximate surface area is 171 Å². The van der Waals surface area contributed by atoms with Crippen molar-refractivity contribution < 1.29 is 14.3 Å². The van der Waals surface area contributed by atoms with Crippen LogP contribution in [0.3, 0.4) is 0 Å². The lowest BCUT2D eigenvalue weighted by atomic mass is 9.93. The largest absolute Gasteiger partial charge is 0.494 e. The fourth-order valence-electron chi connectivity index (χ4n) is 3.89. The molecule has 2 aliphatic rings. The molecule has 1 saturated carbocycles. The Kier molecular flexibility index (Phi) is 6.30. The summed E-state index contributed by atoms with van der Waals surface area (Å²) in [6, 6.07) is 8.08. The molecular formula is C23H29N3O3. The third-order valence-corrected chi connectivity index (χ3v) is 5.81. The third-order valence-electron chi connectivity index (χ3n) is 5.81. The second-order valence-corrected chi connectivity index (χ2v) is 7.95. The van der Waals surface area contributed by atoms with Gasteiger partial charge in [-0.25, -0.2) is 0 Å². The number of ketones is 1. The van der Waals surface area contributed by atoms with E-state index in [1.165, 1.54) is 19.3 Å². The smallest absolute Gasteiger partial charge is 0.257 e. The normalized spacial score (nSPS) is 16.6. The third kappa shape index (κ3) is 4.88. The van der Waals surface area contributed by atoms with Gasteiger partial charge in [-0.1, -0.05) is 6.42 Å². The van der Waals surface area contributed by atoms with Gasteiger partial charge in [0, 0.05) is 30.0 Å². The van der Waals surface area contributed by atoms with E-state index in [0.717, 1.165) is 43.7 Å². The average molecular weight is 396 g/mol. The number of carbonyl (C=O) groups is 2. The van der Waals surface area contributed by atoms with Crippen LogP contribution in [0.4, 0.5) is 5.69 Å². The minimum Gasteiger partial charge on any atom is -0.494 e. The SMILES string of the molecule is O=C(Nc1ccc(OCCCNC2CCC2)cc1)c1c[nH]c2c1C(=O)CCCC2. The summed E-state index contributed by atoms with van der Waals surface area (Å²) < 4.78 is 5.77. The first-order valence-corrected chi connectivity index (χ1v) is 10.7. The standard InChI is InChI=1S/C23H29N3O3/c27-21-8-2-1-7-20-22(21)19(15-25-20)23(28)26-17-9-11-18(12-10-17)29-14-4-13-24-16-5-3-6-16/h9-12,15-16,24-25H,1-8,13-14H2,(H,26,28). The molecule has 1 aromatic carbocycles. The number of aromatic nitrogens is 1. The van der Waals surface area contributed by atoms with Gasteiger partial charge in [-0.05, 0) is 69.3 Å². The van der Waals surface area contributed by atoms with Gasteiger partial charge in [-0.3, -0.25) is 9.59 Å². The Morgan fingerprint density at radius 3 is 2.66 bits per heavy atom. The molecule has 0 unspecified atom stereocenters. The van der Waals surface area contributed by atoms with Crippen molar-refractivity contribution in [1.82, 2.24) is 10.3 Å². The van der Waals surface area contributed by atoms with E-state index in [1.54, 1.807) is 6.20 Å². The van der Waals surface area contributed by atoms with Crippen molar-refractivity contribution in [3.8, 4) is 5.75 Å². The van der Waals surface area contributed by atoms with Crippen LogP contribution < -0.4 is 15.4 Å². The summed E-state index contributed by atoms with van der Waals surface area (Å²) in [5.41, 5.74) is 2.57. The average Bonchev–Trinajstić information content (AvgIpc) is 3.03. The lowest BCUT2D eigenvalue weighted by Gasteiger charge is -2.26. The van der Waals surface area contributed by atoms with Crippen molar-refractivity contribution in [2.75, 3.05) is 18.5 Å². The Balaban J connectivity index is 1.28. The first-order chi connectivity index (χ1) is 14.2. The van der Waals surface area contributed by atoms with Crippen molar-refractivity contribution in [3.05, 3.63) is 47.3 Å². The summed E-state index contributed by atoms with van der Waals surface area (Å²) in [4.78, 5) is 28.2. The number of nitrogens with one attached hydrogen (secondary N) is 3. The Hall–Kier alpha value is -2.60. The molecule has 0 bridgehead atoms. The first-order valence-electron chi connectivity index (χ1n) is 10.7. The summed E-state index contributed by atoms with van der Waals surface area (Å²) in [6.45, 7) is 1.65. The summed E-state index contributed by atoms with van der Waals surface area (Å²) >= 11 is 0. The Morgan fingerprint density at radius 1 is 1.10 bits per heavy atom. The number of fused-ring (bicyclic) bond motifs is 1. The number of H-pyrrole nitrogens is 1. The van der Waals surface area contributed by atoms with Crippen molar-refractivity contribution >= 4 is 17.4 Å². The maximum atomic E-state index is 12.7. The van der Waals surface area contributed by atoms with Crippen LogP contribution in [0.15, 0.2) is 30.5 Å². The number of aromatic amines is 1. The van der Waals surface area contributed by atoms with E-state index in [0.29, 0.717) is 35.9 Å². The van der Waals surface area contributed by atoms with E-state index in [-0.39, 0.29) is 11.7 Å². The summed E-state index contributed by atoms with van der Waals surface area (Å²) in [5.74, 6) is 0.588. The molecule has 0 saturated heterocycles. The van der Waals surface area contributed by atoms with Crippen LogP contribution in [0.1, 0.15) is 71.4 Å². The molecular weight excluding hydrogens is 366 g/mol. The van der Waals surface area contributed by atoms with Gasteiger partial charge < -0.3 is 20.4 Å². The number of carbonyl (C=O) groups excluding carboxylic acids is 2. The number of hydrogen-bond donors (Lipinski definition) is 3. The van der Waals surface area contributed by atoms with Crippen molar-refractivity contribution in [2.45, 2.75) is 57.4 Å². The molecule has 1 aromatic heterocycles. The van der Waals surface area contributed by atoms with Crippen molar-refractivity contribution in [2.24, 2.45) is 0 Å². The van der Waals surface area contributed by atoms with Crippen LogP contribution in [0, 0.1) is 0 Å². The zero-order valence-corrected chi connectivity index (χ0v) is 16.8. The van der Waals surface area contributed by atoms with Crippen LogP contribution in [-0.2, 0) is 6.42 Å². The van der Waals surface area contributed by atoms with Crippen LogP contribution in [0.5, 0.6) is 5.75 Å². The molecule has 6 nitrogen and oxygen atoms in total. The van der Waals surface area contributed by atoms with Gasteiger partial charge in [0.05, 0.1) is 17.7 Å². The van der Waals surface area contributed by atoms with E-state index in [9.17, 15) is 9.59 Å². The van der Waals surface area contributed by atoms with Crippen LogP contribution in [0.2, 0.25) is 0 Å². The highest BCUT2D eigenvalue weighted by Crippen LogP contribution is 2.25. The van der Waals surface area contributed by atoms with Crippen molar-refractivity contribution in [3.63, 3.8) is 0 Å². The van der Waals surface area contributed by atoms with E-state index in [2.05, 4.69) is 15.6 Å². The predicted octanol–water partition coefficient (Wildman–Crippen LogP) is 4.09. The van der Waals surface area contributed by atoms with Gasteiger partial charge in [0.2, 0.25) is 0 Å². The van der Waals surface area contributed by atoms with Crippen LogP contribution in [0.25, 0.3) is 0 Å². The number of amides is 1. The molecule has 0 radical (unpaired) electrons. The molecule has 2 aliphatic carbocycles. The number of ether oxygens (including phenoxy) is 1. The van der Waals surface area contributed by atoms with E-state index in [1.807, 2.05) is 24.3 Å². The van der Waals surface area contributed by atoms with Gasteiger partial charge in [-0.15, -0.1) is 0 Å². The maximum absolute atomic E-state index is 12.7. The lowest BCUT2D eigenvalue weighted by Crippen LogP contribution is -2.36. The van der Waals surface area contributed by atoms with Gasteiger partial charge in [0.15, 0.2) is 5.78 Å². The molecule has 0 atom stereocenters. The van der Waals surface area contributed by atoms with E-state index < -0.39 is 0 Å². The minimum absolute atomic E-state index is 0.0550. The van der Waals surface area contributed by atoms with Gasteiger partial charge >= 0.3 is 0 Å². The second-order valence-electron chi connectivity index (χ2n) is 7.95. The first kappa shape index (κ1) is 19.7. The molecule has 6 heteroatoms. The zero-order chi connectivity index (χ0) is 20.1. The number of hydrogen-bond acceptors (Lipinski definition) is 4. The van der Waals surface area contributed by atoms with Crippen molar-refractivity contribution in [1.29, 1.82) is 0 Å². The number of aryl methyl sites for hydroxylation is 1. The molecule has 154 valence electrons. The molecule has 29 heavy (non-hydrogen) atoms. The van der Waals surface area contributed by atoms with Gasteiger partial charge in [-0.2, -0.15) is 0 Å². The molecule has 0 aliphatic heterocycles. The maximum Gasteiger partial charge on any atom is 0.257 e. The number of rotatable bonds is 8. The van der Waals surface area contributed by atoms with E-state index >= 15 is 0 Å². The highest BCUT2D eigenvalue weighted by molar-refractivity contribution is 6.13. The number of anilines is 1. The van der Waals surface area contributed by atoms with E-state index in [4.69, 9.17) is 4.74 Å². The second kappa shape index (κ2) is 9.27. The molecule has 2 aromatic rings. The Morgan fingerprint density at radius 2 is 1.90 bits per heavy atom.